The number of primary amides is 1. The van der Waals surface area contributed by atoms with Crippen molar-refractivity contribution in [1.29, 1.82) is 0 Å². The summed E-state index contributed by atoms with van der Waals surface area (Å²) in [6.45, 7) is 1.35. The van der Waals surface area contributed by atoms with Crippen molar-refractivity contribution in [2.24, 2.45) is 12.8 Å². The molecule has 1 fully saturated rings. The van der Waals surface area contributed by atoms with Crippen LogP contribution in [-0.2, 0) is 21.4 Å². The molecule has 2 rings (SSSR count). The van der Waals surface area contributed by atoms with Crippen LogP contribution in [0.1, 0.15) is 47.0 Å². The first-order valence-electron chi connectivity index (χ1n) is 7.74. The van der Waals surface area contributed by atoms with Crippen molar-refractivity contribution in [3.8, 4) is 0 Å². The molecule has 130 valence electrons. The number of aromatic nitrogens is 1. The van der Waals surface area contributed by atoms with Gasteiger partial charge in [0.1, 0.15) is 11.7 Å². The number of piperidine rings is 1. The number of nitrogens with zero attached hydrogens (tertiary/aromatic N) is 2. The molecule has 2 N–H and O–H groups in total. The fourth-order valence-corrected chi connectivity index (χ4v) is 2.77. The molecule has 2 amide bonds. The zero-order chi connectivity index (χ0) is 17.9. The van der Waals surface area contributed by atoms with Crippen LogP contribution in [0, 0.1) is 0 Å². The van der Waals surface area contributed by atoms with Crippen molar-refractivity contribution in [2.45, 2.75) is 32.2 Å². The minimum Gasteiger partial charge on any atom is -0.451 e. The molecule has 0 saturated carbocycles. The summed E-state index contributed by atoms with van der Waals surface area (Å²) in [5.74, 6) is -1.87. The van der Waals surface area contributed by atoms with Gasteiger partial charge in [-0.2, -0.15) is 0 Å². The molecule has 0 aliphatic carbocycles. The van der Waals surface area contributed by atoms with E-state index in [0.29, 0.717) is 18.5 Å². The van der Waals surface area contributed by atoms with Crippen LogP contribution in [0.4, 0.5) is 0 Å². The number of amides is 2. The number of nitrogens with two attached hydrogens (primary N) is 1. The van der Waals surface area contributed by atoms with Gasteiger partial charge in [0, 0.05) is 25.4 Å². The van der Waals surface area contributed by atoms with Crippen LogP contribution in [-0.4, -0.2) is 52.2 Å². The van der Waals surface area contributed by atoms with Gasteiger partial charge in [0.2, 0.25) is 5.91 Å². The van der Waals surface area contributed by atoms with Crippen molar-refractivity contribution in [3.63, 3.8) is 0 Å². The lowest BCUT2D eigenvalue weighted by Gasteiger charge is -2.33. The number of hydrogen-bond acceptors (Lipinski definition) is 5. The number of rotatable bonds is 5. The standard InChI is InChI=1S/C16H21N3O5/c1-10(20)11-7-13(18(2)8-11)16(23)24-9-14(21)19-6-4-3-5-12(19)15(17)22/h7-8,12H,3-6,9H2,1-2H3,(H2,17,22)/t12-/m0/s1. The average Bonchev–Trinajstić information content (AvgIpc) is 2.94. The Balaban J connectivity index is 1.99. The summed E-state index contributed by atoms with van der Waals surface area (Å²) >= 11 is 0. The quantitative estimate of drug-likeness (QED) is 0.612. The minimum absolute atomic E-state index is 0.168. The van der Waals surface area contributed by atoms with Crippen LogP contribution in [0.25, 0.3) is 0 Å². The molecule has 1 aliphatic heterocycles. The molecular formula is C16H21N3O5. The molecule has 2 heterocycles. The molecule has 0 aromatic carbocycles. The zero-order valence-electron chi connectivity index (χ0n) is 13.8. The molecule has 8 nitrogen and oxygen atoms in total. The highest BCUT2D eigenvalue weighted by molar-refractivity contribution is 5.98. The largest absolute Gasteiger partial charge is 0.451 e. The first kappa shape index (κ1) is 17.7. The van der Waals surface area contributed by atoms with E-state index >= 15 is 0 Å². The first-order valence-corrected chi connectivity index (χ1v) is 7.74. The highest BCUT2D eigenvalue weighted by Gasteiger charge is 2.31. The van der Waals surface area contributed by atoms with E-state index in [1.54, 1.807) is 7.05 Å². The van der Waals surface area contributed by atoms with E-state index in [1.165, 1.54) is 28.7 Å². The van der Waals surface area contributed by atoms with E-state index < -0.39 is 30.4 Å². The molecular weight excluding hydrogens is 314 g/mol. The number of ether oxygens (including phenoxy) is 1. The molecule has 0 spiro atoms. The van der Waals surface area contributed by atoms with E-state index in [4.69, 9.17) is 10.5 Å². The zero-order valence-corrected chi connectivity index (χ0v) is 13.8. The molecule has 1 saturated heterocycles. The van der Waals surface area contributed by atoms with E-state index in [1.807, 2.05) is 0 Å². The van der Waals surface area contributed by atoms with Gasteiger partial charge in [-0.3, -0.25) is 14.4 Å². The molecule has 1 aromatic rings. The van der Waals surface area contributed by atoms with Gasteiger partial charge in [-0.1, -0.05) is 0 Å². The lowest BCUT2D eigenvalue weighted by Crippen LogP contribution is -2.51. The Labute approximate surface area is 139 Å². The van der Waals surface area contributed by atoms with Crippen molar-refractivity contribution < 1.29 is 23.9 Å². The molecule has 1 aromatic heterocycles. The Morgan fingerprint density at radius 1 is 1.29 bits per heavy atom. The second kappa shape index (κ2) is 7.29. The Hall–Kier alpha value is -2.64. The summed E-state index contributed by atoms with van der Waals surface area (Å²) in [5, 5.41) is 0. The van der Waals surface area contributed by atoms with E-state index in [9.17, 15) is 19.2 Å². The van der Waals surface area contributed by atoms with Gasteiger partial charge in [-0.15, -0.1) is 0 Å². The lowest BCUT2D eigenvalue weighted by atomic mass is 10.0. The molecule has 1 atom stereocenters. The van der Waals surface area contributed by atoms with Gasteiger partial charge in [0.25, 0.3) is 5.91 Å². The summed E-state index contributed by atoms with van der Waals surface area (Å²) < 4.78 is 6.50. The number of aryl methyl sites for hydroxylation is 1. The Kier molecular flexibility index (Phi) is 5.38. The Bertz CT molecular complexity index is 679. The first-order chi connectivity index (χ1) is 11.3. The molecule has 1 aliphatic rings. The van der Waals surface area contributed by atoms with Crippen LogP contribution in [0.5, 0.6) is 0 Å². The highest BCUT2D eigenvalue weighted by Crippen LogP contribution is 2.17. The van der Waals surface area contributed by atoms with Crippen molar-refractivity contribution >= 4 is 23.6 Å². The monoisotopic (exact) mass is 335 g/mol. The van der Waals surface area contributed by atoms with E-state index in [2.05, 4.69) is 0 Å². The van der Waals surface area contributed by atoms with Crippen LogP contribution in [0.15, 0.2) is 12.3 Å². The molecule has 0 radical (unpaired) electrons. The average molecular weight is 335 g/mol. The molecule has 24 heavy (non-hydrogen) atoms. The van der Waals surface area contributed by atoms with Crippen LogP contribution in [0.2, 0.25) is 0 Å². The summed E-state index contributed by atoms with van der Waals surface area (Å²) in [6, 6.07) is 0.770. The third-order valence-electron chi connectivity index (χ3n) is 4.10. The second-order valence-corrected chi connectivity index (χ2v) is 5.86. The normalized spacial score (nSPS) is 17.4. The Morgan fingerprint density at radius 2 is 2.00 bits per heavy atom. The predicted molar refractivity (Wildman–Crippen MR) is 84.2 cm³/mol. The van der Waals surface area contributed by atoms with E-state index in [-0.39, 0.29) is 11.5 Å². The van der Waals surface area contributed by atoms with Crippen LogP contribution in [0.3, 0.4) is 0 Å². The molecule has 0 bridgehead atoms. The third-order valence-corrected chi connectivity index (χ3v) is 4.10. The predicted octanol–water partition coefficient (Wildman–Crippen LogP) is 0.251. The Morgan fingerprint density at radius 3 is 2.58 bits per heavy atom. The van der Waals surface area contributed by atoms with Gasteiger partial charge in [0.05, 0.1) is 0 Å². The summed E-state index contributed by atoms with van der Waals surface area (Å²) in [5.41, 5.74) is 5.89. The number of Topliss-reactive ketones (excluding diaryl/α,β-unsaturated/α-hetero) is 1. The van der Waals surface area contributed by atoms with Crippen LogP contribution >= 0.6 is 0 Å². The number of esters is 1. The maximum atomic E-state index is 12.2. The van der Waals surface area contributed by atoms with E-state index in [0.717, 1.165) is 12.8 Å². The fraction of sp³-hybridized carbons (Fsp3) is 0.500. The highest BCUT2D eigenvalue weighted by atomic mass is 16.5. The molecule has 8 heteroatoms. The third kappa shape index (κ3) is 3.81. The fourth-order valence-electron chi connectivity index (χ4n) is 2.77. The number of likely N-dealkylation sites (tertiary alicyclic amines) is 1. The van der Waals surface area contributed by atoms with Crippen molar-refractivity contribution in [1.82, 2.24) is 9.47 Å². The number of carbonyl (C=O) groups excluding carboxylic acids is 4. The van der Waals surface area contributed by atoms with Crippen molar-refractivity contribution in [3.05, 3.63) is 23.5 Å². The lowest BCUT2D eigenvalue weighted by molar-refractivity contribution is -0.143. The summed E-state index contributed by atoms with van der Waals surface area (Å²) in [4.78, 5) is 48.4. The maximum Gasteiger partial charge on any atom is 0.355 e. The van der Waals surface area contributed by atoms with Gasteiger partial charge < -0.3 is 19.9 Å². The van der Waals surface area contributed by atoms with Gasteiger partial charge >= 0.3 is 5.97 Å². The number of ketones is 1. The smallest absolute Gasteiger partial charge is 0.355 e. The van der Waals surface area contributed by atoms with Crippen molar-refractivity contribution in [2.75, 3.05) is 13.2 Å². The number of carbonyl (C=O) groups is 4. The summed E-state index contributed by atoms with van der Waals surface area (Å²) in [7, 11) is 1.61. The van der Waals surface area contributed by atoms with Crippen LogP contribution < -0.4 is 5.73 Å². The van der Waals surface area contributed by atoms with Gasteiger partial charge in [-0.25, -0.2) is 4.79 Å². The summed E-state index contributed by atoms with van der Waals surface area (Å²) in [6.07, 6.45) is 3.65. The number of hydrogen-bond donors (Lipinski definition) is 1. The topological polar surface area (TPSA) is 112 Å². The van der Waals surface area contributed by atoms with Gasteiger partial charge in [-0.05, 0) is 32.3 Å². The minimum atomic E-state index is -0.703. The molecule has 0 unspecified atom stereocenters. The SMILES string of the molecule is CC(=O)c1cc(C(=O)OCC(=O)N2CCCC[C@H]2C(N)=O)n(C)c1. The van der Waals surface area contributed by atoms with Gasteiger partial charge in [0.15, 0.2) is 12.4 Å². The second-order valence-electron chi connectivity index (χ2n) is 5.86. The maximum absolute atomic E-state index is 12.2.